The van der Waals surface area contributed by atoms with E-state index in [2.05, 4.69) is 0 Å². The molecule has 116 valence electrons. The Morgan fingerprint density at radius 3 is 2.52 bits per heavy atom. The smallest absolute Gasteiger partial charge is 0.215 e. The second kappa shape index (κ2) is 6.77. The van der Waals surface area contributed by atoms with Gasteiger partial charge in [0.2, 0.25) is 10.0 Å². The minimum atomic E-state index is -3.26. The van der Waals surface area contributed by atoms with Crippen molar-refractivity contribution in [2.45, 2.75) is 26.9 Å². The Bertz CT molecular complexity index is 658. The molecular formula is C15H22N2O2S2. The molecule has 4 nitrogen and oxygen atoms in total. The van der Waals surface area contributed by atoms with Gasteiger partial charge in [-0.3, -0.25) is 0 Å². The zero-order valence-electron chi connectivity index (χ0n) is 12.7. The van der Waals surface area contributed by atoms with Crippen LogP contribution in [0.3, 0.4) is 0 Å². The molecule has 0 N–H and O–H groups in total. The summed E-state index contributed by atoms with van der Waals surface area (Å²) in [6, 6.07) is 7.84. The van der Waals surface area contributed by atoms with Crippen LogP contribution in [0.25, 0.3) is 0 Å². The fraction of sp³-hybridized carbons (Fsp3) is 0.467. The summed E-state index contributed by atoms with van der Waals surface area (Å²) < 4.78 is 28.8. The molecule has 0 atom stereocenters. The number of rotatable bonds is 7. The predicted octanol–water partition coefficient (Wildman–Crippen LogP) is 3.07. The van der Waals surface area contributed by atoms with Crippen molar-refractivity contribution in [3.8, 4) is 0 Å². The van der Waals surface area contributed by atoms with Crippen LogP contribution in [0.2, 0.25) is 0 Å². The molecule has 0 aliphatic carbocycles. The molecule has 6 heteroatoms. The van der Waals surface area contributed by atoms with Crippen molar-refractivity contribution >= 4 is 21.4 Å². The SMILES string of the molecule is CC(C)CS(=O)(=O)N(Cc1cccs1)Cc1cccn1C. The first-order chi connectivity index (χ1) is 9.88. The largest absolute Gasteiger partial charge is 0.353 e. The summed E-state index contributed by atoms with van der Waals surface area (Å²) in [5.41, 5.74) is 0.999. The maximum Gasteiger partial charge on any atom is 0.215 e. The summed E-state index contributed by atoms with van der Waals surface area (Å²) in [5, 5.41) is 1.98. The first-order valence-electron chi connectivity index (χ1n) is 6.99. The Morgan fingerprint density at radius 2 is 2.00 bits per heavy atom. The Hall–Kier alpha value is -1.11. The van der Waals surface area contributed by atoms with E-state index in [-0.39, 0.29) is 11.7 Å². The second-order valence-electron chi connectivity index (χ2n) is 5.63. The van der Waals surface area contributed by atoms with Crippen molar-refractivity contribution in [1.82, 2.24) is 8.87 Å². The van der Waals surface area contributed by atoms with Gasteiger partial charge in [0.1, 0.15) is 0 Å². The quantitative estimate of drug-likeness (QED) is 0.785. The molecule has 21 heavy (non-hydrogen) atoms. The number of aromatic nitrogens is 1. The van der Waals surface area contributed by atoms with Crippen LogP contribution in [-0.2, 0) is 30.2 Å². The van der Waals surface area contributed by atoms with Crippen molar-refractivity contribution in [2.24, 2.45) is 13.0 Å². The number of hydrogen-bond acceptors (Lipinski definition) is 3. The first-order valence-corrected chi connectivity index (χ1v) is 9.48. The maximum atomic E-state index is 12.6. The van der Waals surface area contributed by atoms with E-state index in [9.17, 15) is 8.42 Å². The van der Waals surface area contributed by atoms with Gasteiger partial charge in [-0.1, -0.05) is 19.9 Å². The molecule has 0 bridgehead atoms. The highest BCUT2D eigenvalue weighted by Crippen LogP contribution is 2.19. The van der Waals surface area contributed by atoms with Crippen LogP contribution in [0.1, 0.15) is 24.4 Å². The molecule has 0 spiro atoms. The summed E-state index contributed by atoms with van der Waals surface area (Å²) in [5.74, 6) is 0.303. The Morgan fingerprint density at radius 1 is 1.24 bits per heavy atom. The van der Waals surface area contributed by atoms with Gasteiger partial charge in [0.05, 0.1) is 12.3 Å². The fourth-order valence-corrected chi connectivity index (χ4v) is 4.72. The van der Waals surface area contributed by atoms with Gasteiger partial charge in [-0.2, -0.15) is 4.31 Å². The molecular weight excluding hydrogens is 304 g/mol. The van der Waals surface area contributed by atoms with Crippen molar-refractivity contribution < 1.29 is 8.42 Å². The number of thiophene rings is 1. The molecule has 0 aliphatic heterocycles. The second-order valence-corrected chi connectivity index (χ2v) is 8.68. The molecule has 0 saturated carbocycles. The van der Waals surface area contributed by atoms with Crippen LogP contribution in [0.15, 0.2) is 35.8 Å². The Labute approximate surface area is 131 Å². The molecule has 2 aromatic heterocycles. The molecule has 2 heterocycles. The lowest BCUT2D eigenvalue weighted by Gasteiger charge is -2.23. The van der Waals surface area contributed by atoms with Gasteiger partial charge >= 0.3 is 0 Å². The van der Waals surface area contributed by atoms with Crippen LogP contribution in [0.4, 0.5) is 0 Å². The van der Waals surface area contributed by atoms with Crippen molar-refractivity contribution in [3.63, 3.8) is 0 Å². The van der Waals surface area contributed by atoms with Gasteiger partial charge in [0.25, 0.3) is 0 Å². The van der Waals surface area contributed by atoms with E-state index >= 15 is 0 Å². The van der Waals surface area contributed by atoms with Crippen molar-refractivity contribution in [3.05, 3.63) is 46.4 Å². The number of hydrogen-bond donors (Lipinski definition) is 0. The molecule has 2 rings (SSSR count). The summed E-state index contributed by atoms with van der Waals surface area (Å²) in [4.78, 5) is 1.07. The molecule has 0 aliphatic rings. The molecule has 0 unspecified atom stereocenters. The van der Waals surface area contributed by atoms with E-state index in [0.717, 1.165) is 10.6 Å². The number of sulfonamides is 1. The summed E-state index contributed by atoms with van der Waals surface area (Å²) in [6.07, 6.45) is 1.94. The fourth-order valence-electron chi connectivity index (χ4n) is 2.20. The third-order valence-corrected chi connectivity index (χ3v) is 6.23. The van der Waals surface area contributed by atoms with Crippen molar-refractivity contribution in [1.29, 1.82) is 0 Å². The van der Waals surface area contributed by atoms with Gasteiger partial charge in [0, 0.05) is 30.4 Å². The zero-order valence-corrected chi connectivity index (χ0v) is 14.3. The Kier molecular flexibility index (Phi) is 5.24. The average Bonchev–Trinajstić information content (AvgIpc) is 2.99. The molecule has 0 amide bonds. The topological polar surface area (TPSA) is 42.3 Å². The minimum Gasteiger partial charge on any atom is -0.353 e. The Balaban J connectivity index is 2.23. The van der Waals surface area contributed by atoms with Gasteiger partial charge in [-0.15, -0.1) is 11.3 Å². The maximum absolute atomic E-state index is 12.6. The molecule has 0 saturated heterocycles. The highest BCUT2D eigenvalue weighted by molar-refractivity contribution is 7.89. The van der Waals surface area contributed by atoms with E-state index < -0.39 is 10.0 Å². The summed E-state index contributed by atoms with van der Waals surface area (Å²) >= 11 is 1.59. The van der Waals surface area contributed by atoms with E-state index in [1.165, 1.54) is 0 Å². The number of nitrogens with zero attached hydrogens (tertiary/aromatic N) is 2. The highest BCUT2D eigenvalue weighted by Gasteiger charge is 2.24. The van der Waals surface area contributed by atoms with Crippen LogP contribution < -0.4 is 0 Å². The molecule has 0 radical (unpaired) electrons. The lowest BCUT2D eigenvalue weighted by Crippen LogP contribution is -2.34. The zero-order chi connectivity index (χ0) is 15.5. The van der Waals surface area contributed by atoms with Gasteiger partial charge in [-0.05, 0) is 29.5 Å². The van der Waals surface area contributed by atoms with Gasteiger partial charge in [0.15, 0.2) is 0 Å². The van der Waals surface area contributed by atoms with Crippen LogP contribution >= 0.6 is 11.3 Å². The minimum absolute atomic E-state index is 0.120. The molecule has 0 aromatic carbocycles. The predicted molar refractivity (Wildman–Crippen MR) is 87.6 cm³/mol. The summed E-state index contributed by atoms with van der Waals surface area (Å²) in [6.45, 7) is 4.72. The normalized spacial score (nSPS) is 12.4. The van der Waals surface area contributed by atoms with Gasteiger partial charge < -0.3 is 4.57 Å². The van der Waals surface area contributed by atoms with E-state index in [1.807, 2.05) is 61.3 Å². The number of aryl methyl sites for hydroxylation is 1. The third kappa shape index (κ3) is 4.43. The van der Waals surface area contributed by atoms with E-state index in [4.69, 9.17) is 0 Å². The molecule has 2 aromatic rings. The first kappa shape index (κ1) is 16.3. The van der Waals surface area contributed by atoms with Crippen LogP contribution in [0, 0.1) is 5.92 Å². The van der Waals surface area contributed by atoms with E-state index in [0.29, 0.717) is 13.1 Å². The van der Waals surface area contributed by atoms with Crippen molar-refractivity contribution in [2.75, 3.05) is 5.75 Å². The van der Waals surface area contributed by atoms with Gasteiger partial charge in [-0.25, -0.2) is 8.42 Å². The monoisotopic (exact) mass is 326 g/mol. The average molecular weight is 326 g/mol. The van der Waals surface area contributed by atoms with E-state index in [1.54, 1.807) is 15.6 Å². The van der Waals surface area contributed by atoms with Crippen LogP contribution in [0.5, 0.6) is 0 Å². The standard InChI is InChI=1S/C15H22N2O2S2/c1-13(2)12-21(18,19)17(11-15-7-5-9-20-15)10-14-6-4-8-16(14)3/h4-9,13H,10-12H2,1-3H3. The highest BCUT2D eigenvalue weighted by atomic mass is 32.2. The lowest BCUT2D eigenvalue weighted by atomic mass is 10.3. The molecule has 0 fully saturated rings. The lowest BCUT2D eigenvalue weighted by molar-refractivity contribution is 0.392. The third-order valence-electron chi connectivity index (χ3n) is 3.24. The summed E-state index contributed by atoms with van der Waals surface area (Å²) in [7, 11) is -1.33. The van der Waals surface area contributed by atoms with Crippen LogP contribution in [-0.4, -0.2) is 23.0 Å².